The van der Waals surface area contributed by atoms with Crippen molar-refractivity contribution in [2.75, 3.05) is 5.32 Å². The molecule has 1 aromatic rings. The zero-order valence-corrected chi connectivity index (χ0v) is 11.7. The van der Waals surface area contributed by atoms with Gasteiger partial charge in [0.2, 0.25) is 0 Å². The minimum atomic E-state index is -0.156. The quantitative estimate of drug-likeness (QED) is 0.783. The minimum Gasteiger partial charge on any atom is -0.461 e. The number of carbonyl (C=O) groups is 1. The van der Waals surface area contributed by atoms with Crippen LogP contribution in [0.3, 0.4) is 0 Å². The van der Waals surface area contributed by atoms with Crippen LogP contribution >= 0.6 is 0 Å². The predicted molar refractivity (Wildman–Crippen MR) is 74.5 cm³/mol. The number of esters is 1. The van der Waals surface area contributed by atoms with Gasteiger partial charge in [0.15, 0.2) is 0 Å². The highest BCUT2D eigenvalue weighted by molar-refractivity contribution is 5.71. The summed E-state index contributed by atoms with van der Waals surface area (Å²) in [5.41, 5.74) is 2.11. The maximum atomic E-state index is 11.3. The second kappa shape index (κ2) is 7.04. The molecule has 1 N–H and O–H groups in total. The molecule has 1 aromatic carbocycles. The van der Waals surface area contributed by atoms with Crippen LogP contribution in [0.1, 0.15) is 39.7 Å². The molecule has 0 heterocycles. The molecule has 0 radical (unpaired) electrons. The minimum absolute atomic E-state index is 0.0728. The normalized spacial score (nSPS) is 12.3. The van der Waals surface area contributed by atoms with E-state index < -0.39 is 0 Å². The lowest BCUT2D eigenvalue weighted by atomic mass is 10.2. The van der Waals surface area contributed by atoms with Crippen molar-refractivity contribution in [3.8, 4) is 0 Å². The number of carbonyl (C=O) groups excluding carboxylic acids is 1. The number of nitrogens with one attached hydrogen (secondary N) is 1. The summed E-state index contributed by atoms with van der Waals surface area (Å²) in [6.07, 6.45) is 1.09. The number of benzene rings is 1. The Balaban J connectivity index is 2.48. The Kier molecular flexibility index (Phi) is 5.69. The molecule has 0 aliphatic rings. The molecule has 0 amide bonds. The van der Waals surface area contributed by atoms with Crippen LogP contribution in [0.2, 0.25) is 0 Å². The first-order valence-corrected chi connectivity index (χ1v) is 6.55. The van der Waals surface area contributed by atoms with Crippen LogP contribution < -0.4 is 5.32 Å². The first-order valence-electron chi connectivity index (χ1n) is 6.55. The Morgan fingerprint density at radius 1 is 1.22 bits per heavy atom. The van der Waals surface area contributed by atoms with E-state index in [2.05, 4.69) is 19.2 Å². The second-order valence-corrected chi connectivity index (χ2v) is 4.91. The molecule has 0 saturated carbocycles. The molecule has 0 saturated heterocycles. The zero-order valence-electron chi connectivity index (χ0n) is 11.7. The largest absolute Gasteiger partial charge is 0.461 e. The first-order chi connectivity index (χ1) is 8.52. The van der Waals surface area contributed by atoms with Crippen molar-refractivity contribution in [1.82, 2.24) is 0 Å². The van der Waals surface area contributed by atoms with Gasteiger partial charge in [-0.25, -0.2) is 0 Å². The van der Waals surface area contributed by atoms with E-state index in [1.54, 1.807) is 0 Å². The van der Waals surface area contributed by atoms with Crippen LogP contribution in [0.25, 0.3) is 0 Å². The summed E-state index contributed by atoms with van der Waals surface area (Å²) in [5.74, 6) is -0.229. The maximum Gasteiger partial charge on any atom is 0.308 e. The van der Waals surface area contributed by atoms with Crippen molar-refractivity contribution in [2.24, 2.45) is 5.92 Å². The van der Waals surface area contributed by atoms with Gasteiger partial charge >= 0.3 is 5.97 Å². The summed E-state index contributed by atoms with van der Waals surface area (Å²) in [6, 6.07) is 8.47. The maximum absolute atomic E-state index is 11.3. The Hall–Kier alpha value is -1.51. The van der Waals surface area contributed by atoms with Gasteiger partial charge in [0, 0.05) is 11.7 Å². The standard InChI is InChI=1S/C15H23NO2/c1-5-12(4)16-14-8-6-13(7-9-14)10-18-15(17)11(2)3/h6-9,11-12,16H,5,10H2,1-4H3. The highest BCUT2D eigenvalue weighted by Gasteiger charge is 2.08. The molecule has 1 rings (SSSR count). The second-order valence-electron chi connectivity index (χ2n) is 4.91. The molecule has 0 spiro atoms. The van der Waals surface area contributed by atoms with E-state index in [1.807, 2.05) is 38.1 Å². The summed E-state index contributed by atoms with van der Waals surface area (Å²) in [4.78, 5) is 11.3. The average Bonchev–Trinajstić information content (AvgIpc) is 2.37. The molecule has 0 bridgehead atoms. The number of ether oxygens (including phenoxy) is 1. The van der Waals surface area contributed by atoms with Crippen LogP contribution in [0, 0.1) is 5.92 Å². The average molecular weight is 249 g/mol. The van der Waals surface area contributed by atoms with E-state index in [0.717, 1.165) is 17.7 Å². The van der Waals surface area contributed by atoms with Crippen molar-refractivity contribution < 1.29 is 9.53 Å². The SMILES string of the molecule is CCC(C)Nc1ccc(COC(=O)C(C)C)cc1. The molecular weight excluding hydrogens is 226 g/mol. The lowest BCUT2D eigenvalue weighted by Crippen LogP contribution is -2.13. The Morgan fingerprint density at radius 2 is 1.83 bits per heavy atom. The van der Waals surface area contributed by atoms with E-state index in [0.29, 0.717) is 12.6 Å². The summed E-state index contributed by atoms with van der Waals surface area (Å²) < 4.78 is 5.17. The lowest BCUT2D eigenvalue weighted by molar-refractivity contribution is -0.148. The third kappa shape index (κ3) is 4.78. The zero-order chi connectivity index (χ0) is 13.5. The van der Waals surface area contributed by atoms with Crippen molar-refractivity contribution in [3.05, 3.63) is 29.8 Å². The van der Waals surface area contributed by atoms with Crippen LogP contribution in [0.5, 0.6) is 0 Å². The summed E-state index contributed by atoms with van der Waals surface area (Å²) in [6.45, 7) is 8.32. The van der Waals surface area contributed by atoms with Crippen LogP contribution in [0.4, 0.5) is 5.69 Å². The van der Waals surface area contributed by atoms with Crippen molar-refractivity contribution in [3.63, 3.8) is 0 Å². The number of anilines is 1. The third-order valence-electron chi connectivity index (χ3n) is 2.83. The van der Waals surface area contributed by atoms with E-state index in [4.69, 9.17) is 4.74 Å². The lowest BCUT2D eigenvalue weighted by Gasteiger charge is -2.13. The summed E-state index contributed by atoms with van der Waals surface area (Å²) >= 11 is 0. The highest BCUT2D eigenvalue weighted by atomic mass is 16.5. The van der Waals surface area contributed by atoms with Gasteiger partial charge in [-0.15, -0.1) is 0 Å². The molecule has 3 nitrogen and oxygen atoms in total. The predicted octanol–water partition coefficient (Wildman–Crippen LogP) is 3.60. The van der Waals surface area contributed by atoms with Crippen LogP contribution in [0.15, 0.2) is 24.3 Å². The van der Waals surface area contributed by atoms with E-state index in [9.17, 15) is 4.79 Å². The molecule has 0 aliphatic heterocycles. The number of rotatable bonds is 6. The van der Waals surface area contributed by atoms with Crippen molar-refractivity contribution >= 4 is 11.7 Å². The van der Waals surface area contributed by atoms with Crippen molar-refractivity contribution in [1.29, 1.82) is 0 Å². The van der Waals surface area contributed by atoms with Gasteiger partial charge in [-0.2, -0.15) is 0 Å². The molecule has 1 unspecified atom stereocenters. The van der Waals surface area contributed by atoms with Gasteiger partial charge in [0.1, 0.15) is 6.61 Å². The number of hydrogen-bond acceptors (Lipinski definition) is 3. The molecule has 0 aromatic heterocycles. The van der Waals surface area contributed by atoms with Crippen LogP contribution in [-0.2, 0) is 16.1 Å². The van der Waals surface area contributed by atoms with E-state index in [-0.39, 0.29) is 11.9 Å². The molecule has 1 atom stereocenters. The highest BCUT2D eigenvalue weighted by Crippen LogP contribution is 2.13. The van der Waals surface area contributed by atoms with Crippen molar-refractivity contribution in [2.45, 2.75) is 46.8 Å². The molecule has 3 heteroatoms. The van der Waals surface area contributed by atoms with E-state index >= 15 is 0 Å². The van der Waals surface area contributed by atoms with Gasteiger partial charge in [-0.1, -0.05) is 32.9 Å². The van der Waals surface area contributed by atoms with Gasteiger partial charge < -0.3 is 10.1 Å². The van der Waals surface area contributed by atoms with Gasteiger partial charge in [-0.3, -0.25) is 4.79 Å². The fraction of sp³-hybridized carbons (Fsp3) is 0.533. The van der Waals surface area contributed by atoms with E-state index in [1.165, 1.54) is 0 Å². The smallest absolute Gasteiger partial charge is 0.308 e. The fourth-order valence-electron chi connectivity index (χ4n) is 1.40. The Bertz CT molecular complexity index is 371. The molecular formula is C15H23NO2. The molecule has 100 valence electrons. The monoisotopic (exact) mass is 249 g/mol. The third-order valence-corrected chi connectivity index (χ3v) is 2.83. The topological polar surface area (TPSA) is 38.3 Å². The van der Waals surface area contributed by atoms with Crippen LogP contribution in [-0.4, -0.2) is 12.0 Å². The van der Waals surface area contributed by atoms with Gasteiger partial charge in [0.25, 0.3) is 0 Å². The molecule has 0 fully saturated rings. The molecule has 0 aliphatic carbocycles. The fourth-order valence-corrected chi connectivity index (χ4v) is 1.40. The number of hydrogen-bond donors (Lipinski definition) is 1. The summed E-state index contributed by atoms with van der Waals surface area (Å²) in [7, 11) is 0. The first kappa shape index (κ1) is 14.6. The molecule has 18 heavy (non-hydrogen) atoms. The van der Waals surface area contributed by atoms with Gasteiger partial charge in [-0.05, 0) is 31.0 Å². The van der Waals surface area contributed by atoms with Gasteiger partial charge in [0.05, 0.1) is 5.92 Å². The Morgan fingerprint density at radius 3 is 2.33 bits per heavy atom. The Labute approximate surface area is 110 Å². The summed E-state index contributed by atoms with van der Waals surface area (Å²) in [5, 5.41) is 3.39.